The van der Waals surface area contributed by atoms with E-state index < -0.39 is 0 Å². The third kappa shape index (κ3) is 4.20. The van der Waals surface area contributed by atoms with Gasteiger partial charge in [0, 0.05) is 24.6 Å². The number of unbranched alkanes of at least 4 members (excludes halogenated alkanes) is 1. The van der Waals surface area contributed by atoms with Crippen LogP contribution in [0.4, 0.5) is 0 Å². The van der Waals surface area contributed by atoms with Crippen molar-refractivity contribution in [2.24, 2.45) is 0 Å². The Balaban J connectivity index is 2.89. The lowest BCUT2D eigenvalue weighted by molar-refractivity contribution is 0.0949. The van der Waals surface area contributed by atoms with E-state index in [0.717, 1.165) is 12.8 Å². The standard InChI is InChI=1S/C14H20ClNO4/c1-18-11-9-13(20-3)12(19-2)8-10(11)14(17)16-7-5-4-6-15/h8-9H,4-7H2,1-3H3,(H,16,17). The summed E-state index contributed by atoms with van der Waals surface area (Å²) in [5.41, 5.74) is 0.413. The number of carbonyl (C=O) groups excluding carboxylic acids is 1. The molecule has 0 aliphatic carbocycles. The third-order valence-corrected chi connectivity index (χ3v) is 3.06. The van der Waals surface area contributed by atoms with Crippen molar-refractivity contribution in [1.29, 1.82) is 0 Å². The van der Waals surface area contributed by atoms with Crippen LogP contribution in [0.3, 0.4) is 0 Å². The molecular weight excluding hydrogens is 282 g/mol. The Kier molecular flexibility index (Phi) is 7.01. The van der Waals surface area contributed by atoms with Crippen LogP contribution in [0.15, 0.2) is 12.1 Å². The van der Waals surface area contributed by atoms with Gasteiger partial charge in [0.2, 0.25) is 0 Å². The molecule has 0 saturated heterocycles. The minimum Gasteiger partial charge on any atom is -0.496 e. The molecule has 0 aromatic heterocycles. The first kappa shape index (κ1) is 16.4. The molecule has 0 unspecified atom stereocenters. The second-order valence-electron chi connectivity index (χ2n) is 4.06. The molecule has 0 aliphatic rings. The first-order valence-corrected chi connectivity index (χ1v) is 6.85. The number of methoxy groups -OCH3 is 3. The van der Waals surface area contributed by atoms with Crippen LogP contribution < -0.4 is 19.5 Å². The van der Waals surface area contributed by atoms with Gasteiger partial charge in [-0.25, -0.2) is 0 Å². The van der Waals surface area contributed by atoms with Crippen molar-refractivity contribution in [3.8, 4) is 17.2 Å². The number of rotatable bonds is 8. The fourth-order valence-electron chi connectivity index (χ4n) is 1.72. The molecule has 0 bridgehead atoms. The van der Waals surface area contributed by atoms with Gasteiger partial charge >= 0.3 is 0 Å². The zero-order valence-electron chi connectivity index (χ0n) is 12.0. The number of benzene rings is 1. The van der Waals surface area contributed by atoms with Crippen LogP contribution in [-0.4, -0.2) is 39.7 Å². The second-order valence-corrected chi connectivity index (χ2v) is 4.44. The fraction of sp³-hybridized carbons (Fsp3) is 0.500. The molecule has 1 N–H and O–H groups in total. The van der Waals surface area contributed by atoms with E-state index in [-0.39, 0.29) is 5.91 Å². The Bertz CT molecular complexity index is 451. The summed E-state index contributed by atoms with van der Waals surface area (Å²) < 4.78 is 15.6. The Labute approximate surface area is 124 Å². The molecule has 1 aromatic rings. The van der Waals surface area contributed by atoms with Gasteiger partial charge in [-0.3, -0.25) is 4.79 Å². The highest BCUT2D eigenvalue weighted by atomic mass is 35.5. The highest BCUT2D eigenvalue weighted by Gasteiger charge is 2.17. The molecule has 1 aromatic carbocycles. The number of nitrogens with one attached hydrogen (secondary N) is 1. The van der Waals surface area contributed by atoms with Crippen LogP contribution in [0, 0.1) is 0 Å². The molecule has 0 radical (unpaired) electrons. The number of hydrogen-bond acceptors (Lipinski definition) is 4. The molecule has 20 heavy (non-hydrogen) atoms. The van der Waals surface area contributed by atoms with E-state index in [2.05, 4.69) is 5.32 Å². The van der Waals surface area contributed by atoms with Crippen molar-refractivity contribution in [3.05, 3.63) is 17.7 Å². The molecular formula is C14H20ClNO4. The number of hydrogen-bond donors (Lipinski definition) is 1. The average Bonchev–Trinajstić information content (AvgIpc) is 2.49. The van der Waals surface area contributed by atoms with Gasteiger partial charge < -0.3 is 19.5 Å². The summed E-state index contributed by atoms with van der Waals surface area (Å²) >= 11 is 5.59. The lowest BCUT2D eigenvalue weighted by atomic mass is 10.1. The van der Waals surface area contributed by atoms with Crippen molar-refractivity contribution in [3.63, 3.8) is 0 Å². The predicted octanol–water partition coefficient (Wildman–Crippen LogP) is 2.46. The monoisotopic (exact) mass is 301 g/mol. The highest BCUT2D eigenvalue weighted by molar-refractivity contribution is 6.17. The second kappa shape index (κ2) is 8.53. The summed E-state index contributed by atoms with van der Waals surface area (Å²) in [6, 6.07) is 3.24. The molecule has 0 atom stereocenters. The number of amides is 1. The maximum absolute atomic E-state index is 12.1. The van der Waals surface area contributed by atoms with Gasteiger partial charge in [-0.05, 0) is 12.8 Å². The minimum absolute atomic E-state index is 0.211. The molecule has 5 nitrogen and oxygen atoms in total. The Morgan fingerprint density at radius 1 is 1.05 bits per heavy atom. The zero-order valence-corrected chi connectivity index (χ0v) is 12.8. The molecule has 0 saturated carbocycles. The summed E-state index contributed by atoms with van der Waals surface area (Å²) in [6.45, 7) is 0.572. The van der Waals surface area contributed by atoms with Crippen molar-refractivity contribution in [2.45, 2.75) is 12.8 Å². The summed E-state index contributed by atoms with van der Waals surface area (Å²) in [7, 11) is 4.56. The lowest BCUT2D eigenvalue weighted by Gasteiger charge is -2.14. The van der Waals surface area contributed by atoms with Crippen LogP contribution in [0.2, 0.25) is 0 Å². The Hall–Kier alpha value is -1.62. The number of carbonyl (C=O) groups is 1. The van der Waals surface area contributed by atoms with Crippen molar-refractivity contribution >= 4 is 17.5 Å². The van der Waals surface area contributed by atoms with E-state index in [0.29, 0.717) is 35.2 Å². The first-order valence-electron chi connectivity index (χ1n) is 6.32. The molecule has 0 aliphatic heterocycles. The number of ether oxygens (including phenoxy) is 3. The van der Waals surface area contributed by atoms with Gasteiger partial charge in [-0.2, -0.15) is 0 Å². The van der Waals surface area contributed by atoms with E-state index in [1.54, 1.807) is 12.1 Å². The number of alkyl halides is 1. The summed E-state index contributed by atoms with van der Waals surface area (Å²) in [6.07, 6.45) is 1.70. The molecule has 0 fully saturated rings. The zero-order chi connectivity index (χ0) is 15.0. The minimum atomic E-state index is -0.211. The van der Waals surface area contributed by atoms with E-state index in [9.17, 15) is 4.79 Å². The van der Waals surface area contributed by atoms with Gasteiger partial charge in [0.1, 0.15) is 5.75 Å². The normalized spacial score (nSPS) is 10.0. The lowest BCUT2D eigenvalue weighted by Crippen LogP contribution is -2.25. The Morgan fingerprint density at radius 3 is 2.20 bits per heavy atom. The number of halogens is 1. The van der Waals surface area contributed by atoms with Gasteiger partial charge in [0.15, 0.2) is 11.5 Å². The average molecular weight is 302 g/mol. The summed E-state index contributed by atoms with van der Waals surface area (Å²) in [5, 5.41) is 2.82. The Morgan fingerprint density at radius 2 is 1.65 bits per heavy atom. The van der Waals surface area contributed by atoms with Crippen LogP contribution in [0.5, 0.6) is 17.2 Å². The van der Waals surface area contributed by atoms with E-state index >= 15 is 0 Å². The van der Waals surface area contributed by atoms with Crippen LogP contribution in [0.25, 0.3) is 0 Å². The molecule has 0 spiro atoms. The molecule has 0 heterocycles. The SMILES string of the molecule is COc1cc(OC)c(C(=O)NCCCCCl)cc1OC. The van der Waals surface area contributed by atoms with E-state index in [1.165, 1.54) is 21.3 Å². The first-order chi connectivity index (χ1) is 9.67. The maximum Gasteiger partial charge on any atom is 0.255 e. The quantitative estimate of drug-likeness (QED) is 0.592. The maximum atomic E-state index is 12.1. The van der Waals surface area contributed by atoms with Gasteiger partial charge in [-0.1, -0.05) is 0 Å². The van der Waals surface area contributed by atoms with Gasteiger partial charge in [0.25, 0.3) is 5.91 Å². The van der Waals surface area contributed by atoms with E-state index in [1.807, 2.05) is 0 Å². The highest BCUT2D eigenvalue weighted by Crippen LogP contribution is 2.34. The van der Waals surface area contributed by atoms with Crippen LogP contribution in [0.1, 0.15) is 23.2 Å². The van der Waals surface area contributed by atoms with Crippen molar-refractivity contribution in [2.75, 3.05) is 33.8 Å². The molecule has 1 amide bonds. The van der Waals surface area contributed by atoms with Gasteiger partial charge in [-0.15, -0.1) is 11.6 Å². The summed E-state index contributed by atoms with van der Waals surface area (Å²) in [4.78, 5) is 12.1. The third-order valence-electron chi connectivity index (χ3n) is 2.80. The van der Waals surface area contributed by atoms with E-state index in [4.69, 9.17) is 25.8 Å². The fourth-order valence-corrected chi connectivity index (χ4v) is 1.91. The molecule has 6 heteroatoms. The summed E-state index contributed by atoms with van der Waals surface area (Å²) in [5.74, 6) is 1.83. The largest absolute Gasteiger partial charge is 0.496 e. The van der Waals surface area contributed by atoms with Crippen LogP contribution in [-0.2, 0) is 0 Å². The smallest absolute Gasteiger partial charge is 0.255 e. The van der Waals surface area contributed by atoms with Crippen LogP contribution >= 0.6 is 11.6 Å². The van der Waals surface area contributed by atoms with Crippen molar-refractivity contribution < 1.29 is 19.0 Å². The topological polar surface area (TPSA) is 56.8 Å². The van der Waals surface area contributed by atoms with Crippen molar-refractivity contribution in [1.82, 2.24) is 5.32 Å². The molecule has 1 rings (SSSR count). The van der Waals surface area contributed by atoms with Gasteiger partial charge in [0.05, 0.1) is 26.9 Å². The predicted molar refractivity (Wildman–Crippen MR) is 78.4 cm³/mol. The molecule has 112 valence electrons.